The predicted molar refractivity (Wildman–Crippen MR) is 71.9 cm³/mol. The van der Waals surface area contributed by atoms with E-state index in [9.17, 15) is 13.5 Å². The summed E-state index contributed by atoms with van der Waals surface area (Å²) >= 11 is 0. The van der Waals surface area contributed by atoms with Crippen molar-refractivity contribution >= 4 is 15.7 Å². The highest BCUT2D eigenvalue weighted by atomic mass is 32.2. The second-order valence-corrected chi connectivity index (χ2v) is 7.19. The molecule has 0 amide bonds. The number of sulfonamides is 1. The van der Waals surface area contributed by atoms with Gasteiger partial charge in [0.15, 0.2) is 0 Å². The molecule has 2 unspecified atom stereocenters. The SMILES string of the molecule is Nc1ccccc1S(=O)(=O)N1C2CCC1CC(O)C2. The normalized spacial score (nSPS) is 31.5. The number of hydrogen-bond acceptors (Lipinski definition) is 4. The number of aliphatic hydroxyl groups is 1. The van der Waals surface area contributed by atoms with Gasteiger partial charge in [-0.1, -0.05) is 12.1 Å². The van der Waals surface area contributed by atoms with Crippen molar-refractivity contribution in [2.75, 3.05) is 5.73 Å². The summed E-state index contributed by atoms with van der Waals surface area (Å²) in [6, 6.07) is 6.40. The predicted octanol–water partition coefficient (Wildman–Crippen LogP) is 0.945. The average Bonchev–Trinajstić information content (AvgIpc) is 2.63. The molecule has 2 saturated heterocycles. The van der Waals surface area contributed by atoms with Gasteiger partial charge in [0.2, 0.25) is 10.0 Å². The maximum absolute atomic E-state index is 12.7. The second-order valence-electron chi connectivity index (χ2n) is 5.38. The van der Waals surface area contributed by atoms with Gasteiger partial charge in [0.05, 0.1) is 11.8 Å². The topological polar surface area (TPSA) is 83.6 Å². The summed E-state index contributed by atoms with van der Waals surface area (Å²) in [6.45, 7) is 0. The van der Waals surface area contributed by atoms with Crippen LogP contribution in [0.3, 0.4) is 0 Å². The quantitative estimate of drug-likeness (QED) is 0.791. The van der Waals surface area contributed by atoms with E-state index in [2.05, 4.69) is 0 Å². The van der Waals surface area contributed by atoms with Gasteiger partial charge in [-0.25, -0.2) is 8.42 Å². The third-order valence-electron chi connectivity index (χ3n) is 4.12. The van der Waals surface area contributed by atoms with Crippen LogP contribution < -0.4 is 5.73 Å². The Bertz CT molecular complexity index is 573. The molecule has 104 valence electrons. The molecule has 1 aromatic carbocycles. The molecule has 2 atom stereocenters. The Kier molecular flexibility index (Phi) is 3.03. The van der Waals surface area contributed by atoms with Gasteiger partial charge in [-0.3, -0.25) is 0 Å². The van der Waals surface area contributed by atoms with Crippen molar-refractivity contribution in [2.24, 2.45) is 0 Å². The third-order valence-corrected chi connectivity index (χ3v) is 6.19. The highest BCUT2D eigenvalue weighted by Gasteiger charge is 2.47. The van der Waals surface area contributed by atoms with E-state index in [1.807, 2.05) is 0 Å². The molecular formula is C13H18N2O3S. The van der Waals surface area contributed by atoms with Gasteiger partial charge in [0.25, 0.3) is 0 Å². The first-order chi connectivity index (χ1) is 9.00. The Labute approximate surface area is 113 Å². The summed E-state index contributed by atoms with van der Waals surface area (Å²) in [4.78, 5) is 0.184. The first kappa shape index (κ1) is 12.9. The zero-order chi connectivity index (χ0) is 13.6. The molecule has 0 aromatic heterocycles. The van der Waals surface area contributed by atoms with Gasteiger partial charge in [-0.15, -0.1) is 0 Å². The van der Waals surface area contributed by atoms with Crippen molar-refractivity contribution in [2.45, 2.75) is 48.8 Å². The number of para-hydroxylation sites is 1. The lowest BCUT2D eigenvalue weighted by atomic mass is 10.0. The van der Waals surface area contributed by atoms with Crippen molar-refractivity contribution in [3.63, 3.8) is 0 Å². The number of nitrogens with zero attached hydrogens (tertiary/aromatic N) is 1. The molecule has 5 nitrogen and oxygen atoms in total. The number of hydrogen-bond donors (Lipinski definition) is 2. The molecule has 3 N–H and O–H groups in total. The molecular weight excluding hydrogens is 264 g/mol. The van der Waals surface area contributed by atoms with Gasteiger partial charge >= 0.3 is 0 Å². The second kappa shape index (κ2) is 4.47. The van der Waals surface area contributed by atoms with Crippen molar-refractivity contribution in [1.29, 1.82) is 0 Å². The summed E-state index contributed by atoms with van der Waals surface area (Å²) in [5.41, 5.74) is 6.08. The van der Waals surface area contributed by atoms with Crippen LogP contribution in [0.4, 0.5) is 5.69 Å². The molecule has 0 spiro atoms. The smallest absolute Gasteiger partial charge is 0.245 e. The first-order valence-electron chi connectivity index (χ1n) is 6.56. The van der Waals surface area contributed by atoms with Gasteiger partial charge in [0, 0.05) is 12.1 Å². The third kappa shape index (κ3) is 2.04. The zero-order valence-corrected chi connectivity index (χ0v) is 11.4. The monoisotopic (exact) mass is 282 g/mol. The zero-order valence-electron chi connectivity index (χ0n) is 10.6. The van der Waals surface area contributed by atoms with Gasteiger partial charge in [-0.2, -0.15) is 4.31 Å². The van der Waals surface area contributed by atoms with E-state index >= 15 is 0 Å². The van der Waals surface area contributed by atoms with Crippen LogP contribution in [0.5, 0.6) is 0 Å². The number of aliphatic hydroxyl groups excluding tert-OH is 1. The van der Waals surface area contributed by atoms with E-state index in [1.54, 1.807) is 28.6 Å². The highest BCUT2D eigenvalue weighted by Crippen LogP contribution is 2.40. The number of nitrogens with two attached hydrogens (primary N) is 1. The minimum absolute atomic E-state index is 0.0849. The molecule has 2 bridgehead atoms. The molecule has 2 fully saturated rings. The minimum atomic E-state index is -3.55. The molecule has 0 saturated carbocycles. The molecule has 6 heteroatoms. The van der Waals surface area contributed by atoms with Crippen LogP contribution >= 0.6 is 0 Å². The average molecular weight is 282 g/mol. The molecule has 19 heavy (non-hydrogen) atoms. The molecule has 2 aliphatic heterocycles. The lowest BCUT2D eigenvalue weighted by Crippen LogP contribution is -2.47. The summed E-state index contributed by atoms with van der Waals surface area (Å²) in [5, 5.41) is 9.75. The largest absolute Gasteiger partial charge is 0.398 e. The van der Waals surface area contributed by atoms with Gasteiger partial charge in [-0.05, 0) is 37.8 Å². The molecule has 1 aromatic rings. The number of piperidine rings is 1. The Morgan fingerprint density at radius 3 is 2.32 bits per heavy atom. The van der Waals surface area contributed by atoms with E-state index in [4.69, 9.17) is 5.73 Å². The van der Waals surface area contributed by atoms with Crippen LogP contribution in [-0.2, 0) is 10.0 Å². The summed E-state index contributed by atoms with van der Waals surface area (Å²) in [5.74, 6) is 0. The van der Waals surface area contributed by atoms with Crippen LogP contribution in [-0.4, -0.2) is 36.0 Å². The Balaban J connectivity index is 2.01. The number of rotatable bonds is 2. The number of anilines is 1. The number of fused-ring (bicyclic) bond motifs is 2. The standard InChI is InChI=1S/C13H18N2O3S/c14-12-3-1-2-4-13(12)19(17,18)15-9-5-6-10(15)8-11(16)7-9/h1-4,9-11,16H,5-8,14H2. The van der Waals surface area contributed by atoms with E-state index in [1.165, 1.54) is 0 Å². The fraction of sp³-hybridized carbons (Fsp3) is 0.538. The van der Waals surface area contributed by atoms with Crippen LogP contribution in [0.2, 0.25) is 0 Å². The molecule has 3 rings (SSSR count). The van der Waals surface area contributed by atoms with Crippen LogP contribution in [0, 0.1) is 0 Å². The van der Waals surface area contributed by atoms with Crippen molar-refractivity contribution in [1.82, 2.24) is 4.31 Å². The minimum Gasteiger partial charge on any atom is -0.398 e. The maximum Gasteiger partial charge on any atom is 0.245 e. The van der Waals surface area contributed by atoms with Crippen molar-refractivity contribution in [3.8, 4) is 0 Å². The summed E-state index contributed by atoms with van der Waals surface area (Å²) in [7, 11) is -3.55. The summed E-state index contributed by atoms with van der Waals surface area (Å²) in [6.07, 6.45) is 2.34. The highest BCUT2D eigenvalue weighted by molar-refractivity contribution is 7.89. The fourth-order valence-corrected chi connectivity index (χ4v) is 5.34. The van der Waals surface area contributed by atoms with Gasteiger partial charge < -0.3 is 10.8 Å². The molecule has 0 radical (unpaired) electrons. The number of benzene rings is 1. The van der Waals surface area contributed by atoms with Crippen LogP contribution in [0.25, 0.3) is 0 Å². The lowest BCUT2D eigenvalue weighted by molar-refractivity contribution is 0.0769. The molecule has 2 aliphatic rings. The maximum atomic E-state index is 12.7. The van der Waals surface area contributed by atoms with Crippen LogP contribution in [0.15, 0.2) is 29.2 Å². The van der Waals surface area contributed by atoms with E-state index < -0.39 is 10.0 Å². The Hall–Kier alpha value is -1.11. The summed E-state index contributed by atoms with van der Waals surface area (Å²) < 4.78 is 27.1. The lowest BCUT2D eigenvalue weighted by Gasteiger charge is -2.36. The Morgan fingerprint density at radius 2 is 1.74 bits per heavy atom. The molecule has 2 heterocycles. The van der Waals surface area contributed by atoms with E-state index in [0.717, 1.165) is 12.8 Å². The fourth-order valence-electron chi connectivity index (χ4n) is 3.33. The van der Waals surface area contributed by atoms with Crippen LogP contribution in [0.1, 0.15) is 25.7 Å². The molecule has 0 aliphatic carbocycles. The first-order valence-corrected chi connectivity index (χ1v) is 8.00. The van der Waals surface area contributed by atoms with E-state index in [-0.39, 0.29) is 28.8 Å². The van der Waals surface area contributed by atoms with Gasteiger partial charge in [0.1, 0.15) is 4.90 Å². The Morgan fingerprint density at radius 1 is 1.16 bits per heavy atom. The van der Waals surface area contributed by atoms with Crippen molar-refractivity contribution < 1.29 is 13.5 Å². The van der Waals surface area contributed by atoms with Crippen molar-refractivity contribution in [3.05, 3.63) is 24.3 Å². The van der Waals surface area contributed by atoms with E-state index in [0.29, 0.717) is 12.8 Å². The number of nitrogen functional groups attached to an aromatic ring is 1.